The lowest BCUT2D eigenvalue weighted by Crippen LogP contribution is -2.03. The molecule has 0 bridgehead atoms. The van der Waals surface area contributed by atoms with Crippen LogP contribution in [-0.4, -0.2) is 13.1 Å². The lowest BCUT2D eigenvalue weighted by molar-refractivity contribution is 0.0473. The number of carbonyl (C=O) groups excluding carboxylic acids is 1. The molecule has 2 aromatic carbocycles. The summed E-state index contributed by atoms with van der Waals surface area (Å²) >= 11 is 1.48. The number of thiophene rings is 1. The van der Waals surface area contributed by atoms with Crippen molar-refractivity contribution in [3.63, 3.8) is 0 Å². The lowest BCUT2D eigenvalue weighted by atomic mass is 10.1. The standard InChI is InChI=1S/C17H14O3S/c1-19-16-5-4-13-8-12(2-3-14(13)9-16)10-20-17(18)15-6-7-21-11-15/h2-9,11H,10H2,1H3. The quantitative estimate of drug-likeness (QED) is 0.675. The topological polar surface area (TPSA) is 35.5 Å². The largest absolute Gasteiger partial charge is 0.497 e. The van der Waals surface area contributed by atoms with Gasteiger partial charge in [0.1, 0.15) is 12.4 Å². The molecule has 0 aliphatic heterocycles. The van der Waals surface area contributed by atoms with Gasteiger partial charge in [-0.2, -0.15) is 11.3 Å². The molecule has 3 rings (SSSR count). The Bertz CT molecular complexity index is 763. The van der Waals surface area contributed by atoms with Crippen molar-refractivity contribution >= 4 is 28.1 Å². The molecule has 0 radical (unpaired) electrons. The molecule has 3 aromatic rings. The first-order valence-electron chi connectivity index (χ1n) is 6.52. The van der Waals surface area contributed by atoms with Crippen molar-refractivity contribution < 1.29 is 14.3 Å². The van der Waals surface area contributed by atoms with Gasteiger partial charge in [-0.1, -0.05) is 18.2 Å². The van der Waals surface area contributed by atoms with Gasteiger partial charge in [0.25, 0.3) is 0 Å². The van der Waals surface area contributed by atoms with Crippen LogP contribution in [0.15, 0.2) is 53.2 Å². The maximum Gasteiger partial charge on any atom is 0.339 e. The zero-order valence-electron chi connectivity index (χ0n) is 11.5. The Labute approximate surface area is 126 Å². The molecule has 0 amide bonds. The van der Waals surface area contributed by atoms with E-state index < -0.39 is 0 Å². The fraction of sp³-hybridized carbons (Fsp3) is 0.118. The molecule has 0 saturated carbocycles. The van der Waals surface area contributed by atoms with Crippen LogP contribution in [0.1, 0.15) is 15.9 Å². The number of fused-ring (bicyclic) bond motifs is 1. The van der Waals surface area contributed by atoms with Gasteiger partial charge in [0.15, 0.2) is 0 Å². The van der Waals surface area contributed by atoms with Crippen LogP contribution in [0.25, 0.3) is 10.8 Å². The zero-order chi connectivity index (χ0) is 14.7. The molecule has 0 aliphatic carbocycles. The molecule has 106 valence electrons. The van der Waals surface area contributed by atoms with Crippen molar-refractivity contribution in [3.8, 4) is 5.75 Å². The third-order valence-corrected chi connectivity index (χ3v) is 3.92. The Balaban J connectivity index is 1.74. The first-order valence-corrected chi connectivity index (χ1v) is 7.46. The molecule has 0 saturated heterocycles. The molecule has 0 atom stereocenters. The van der Waals surface area contributed by atoms with E-state index in [0.717, 1.165) is 22.1 Å². The van der Waals surface area contributed by atoms with Crippen LogP contribution in [0.2, 0.25) is 0 Å². The van der Waals surface area contributed by atoms with Gasteiger partial charge >= 0.3 is 5.97 Å². The highest BCUT2D eigenvalue weighted by Crippen LogP contribution is 2.22. The summed E-state index contributed by atoms with van der Waals surface area (Å²) < 4.78 is 10.5. The number of hydrogen-bond donors (Lipinski definition) is 0. The van der Waals surface area contributed by atoms with Crippen molar-refractivity contribution in [2.75, 3.05) is 7.11 Å². The monoisotopic (exact) mass is 298 g/mol. The number of carbonyl (C=O) groups is 1. The number of methoxy groups -OCH3 is 1. The van der Waals surface area contributed by atoms with E-state index in [2.05, 4.69) is 0 Å². The average molecular weight is 298 g/mol. The third kappa shape index (κ3) is 3.06. The SMILES string of the molecule is COc1ccc2cc(COC(=O)c3ccsc3)ccc2c1. The van der Waals surface area contributed by atoms with Crippen LogP contribution in [0.5, 0.6) is 5.75 Å². The molecular formula is C17H14O3S. The van der Waals surface area contributed by atoms with Crippen molar-refractivity contribution in [2.45, 2.75) is 6.61 Å². The van der Waals surface area contributed by atoms with E-state index in [0.29, 0.717) is 5.56 Å². The van der Waals surface area contributed by atoms with Crippen molar-refractivity contribution in [1.82, 2.24) is 0 Å². The second-order valence-electron chi connectivity index (χ2n) is 4.64. The summed E-state index contributed by atoms with van der Waals surface area (Å²) in [6.45, 7) is 0.274. The van der Waals surface area contributed by atoms with Crippen molar-refractivity contribution in [2.24, 2.45) is 0 Å². The summed E-state index contributed by atoms with van der Waals surface area (Å²) in [5, 5.41) is 5.84. The van der Waals surface area contributed by atoms with Crippen LogP contribution in [-0.2, 0) is 11.3 Å². The molecule has 0 fully saturated rings. The smallest absolute Gasteiger partial charge is 0.339 e. The molecule has 0 spiro atoms. The minimum absolute atomic E-state index is 0.274. The lowest BCUT2D eigenvalue weighted by Gasteiger charge is -2.06. The van der Waals surface area contributed by atoms with Gasteiger partial charge in [-0.3, -0.25) is 0 Å². The first kappa shape index (κ1) is 13.6. The van der Waals surface area contributed by atoms with Crippen molar-refractivity contribution in [1.29, 1.82) is 0 Å². The van der Waals surface area contributed by atoms with Crippen LogP contribution in [0, 0.1) is 0 Å². The highest BCUT2D eigenvalue weighted by molar-refractivity contribution is 7.08. The summed E-state index contributed by atoms with van der Waals surface area (Å²) in [6.07, 6.45) is 0. The highest BCUT2D eigenvalue weighted by Gasteiger charge is 2.07. The van der Waals surface area contributed by atoms with Gasteiger partial charge in [-0.05, 0) is 46.0 Å². The molecule has 3 nitrogen and oxygen atoms in total. The molecule has 21 heavy (non-hydrogen) atoms. The van der Waals surface area contributed by atoms with Gasteiger partial charge < -0.3 is 9.47 Å². The summed E-state index contributed by atoms with van der Waals surface area (Å²) in [4.78, 5) is 11.8. The van der Waals surface area contributed by atoms with Gasteiger partial charge in [0, 0.05) is 5.38 Å². The van der Waals surface area contributed by atoms with E-state index in [1.807, 2.05) is 41.8 Å². The predicted octanol–water partition coefficient (Wildman–Crippen LogP) is 4.27. The Kier molecular flexibility index (Phi) is 3.88. The number of benzene rings is 2. The highest BCUT2D eigenvalue weighted by atomic mass is 32.1. The Morgan fingerprint density at radius 3 is 2.67 bits per heavy atom. The summed E-state index contributed by atoms with van der Waals surface area (Å²) in [6, 6.07) is 13.7. The zero-order valence-corrected chi connectivity index (χ0v) is 12.4. The second kappa shape index (κ2) is 5.97. The fourth-order valence-electron chi connectivity index (χ4n) is 2.10. The maximum absolute atomic E-state index is 11.8. The van der Waals surface area contributed by atoms with Crippen LogP contribution >= 0.6 is 11.3 Å². The van der Waals surface area contributed by atoms with Gasteiger partial charge in [-0.25, -0.2) is 4.79 Å². The molecule has 0 aliphatic rings. The van der Waals surface area contributed by atoms with E-state index in [9.17, 15) is 4.79 Å². The van der Waals surface area contributed by atoms with Crippen LogP contribution in [0.4, 0.5) is 0 Å². The van der Waals surface area contributed by atoms with Crippen LogP contribution in [0.3, 0.4) is 0 Å². The molecule has 0 N–H and O–H groups in total. The molecule has 0 unspecified atom stereocenters. The fourth-order valence-corrected chi connectivity index (χ4v) is 2.73. The Hall–Kier alpha value is -2.33. The average Bonchev–Trinajstić information content (AvgIpc) is 3.06. The van der Waals surface area contributed by atoms with E-state index in [-0.39, 0.29) is 12.6 Å². The molecule has 1 heterocycles. The van der Waals surface area contributed by atoms with Crippen LogP contribution < -0.4 is 4.74 Å². The van der Waals surface area contributed by atoms with Crippen molar-refractivity contribution in [3.05, 3.63) is 64.4 Å². The summed E-state index contributed by atoms with van der Waals surface area (Å²) in [5.74, 6) is 0.546. The minimum atomic E-state index is -0.286. The molecule has 1 aromatic heterocycles. The number of rotatable bonds is 4. The number of esters is 1. The second-order valence-corrected chi connectivity index (χ2v) is 5.42. The number of hydrogen-bond acceptors (Lipinski definition) is 4. The first-order chi connectivity index (χ1) is 10.3. The molecule has 4 heteroatoms. The van der Waals surface area contributed by atoms with Gasteiger partial charge in [-0.15, -0.1) is 0 Å². The Morgan fingerprint density at radius 2 is 1.90 bits per heavy atom. The van der Waals surface area contributed by atoms with E-state index in [1.54, 1.807) is 18.6 Å². The maximum atomic E-state index is 11.8. The summed E-state index contributed by atoms with van der Waals surface area (Å²) in [7, 11) is 1.65. The van der Waals surface area contributed by atoms with E-state index >= 15 is 0 Å². The van der Waals surface area contributed by atoms with E-state index in [4.69, 9.17) is 9.47 Å². The Morgan fingerprint density at radius 1 is 1.10 bits per heavy atom. The number of ether oxygens (including phenoxy) is 2. The third-order valence-electron chi connectivity index (χ3n) is 3.24. The predicted molar refractivity (Wildman–Crippen MR) is 83.9 cm³/mol. The van der Waals surface area contributed by atoms with Gasteiger partial charge in [0.2, 0.25) is 0 Å². The van der Waals surface area contributed by atoms with E-state index in [1.165, 1.54) is 11.3 Å². The minimum Gasteiger partial charge on any atom is -0.497 e. The summed E-state index contributed by atoms with van der Waals surface area (Å²) in [5.41, 5.74) is 1.57. The van der Waals surface area contributed by atoms with Gasteiger partial charge in [0.05, 0.1) is 12.7 Å². The normalized spacial score (nSPS) is 10.5. The molecular weight excluding hydrogens is 284 g/mol.